The van der Waals surface area contributed by atoms with E-state index in [0.29, 0.717) is 6.61 Å². The molecule has 1 heterocycles. The highest BCUT2D eigenvalue weighted by Crippen LogP contribution is 2.18. The monoisotopic (exact) mass is 366 g/mol. The Hall–Kier alpha value is -1.78. The number of furan rings is 1. The number of ether oxygens (including phenoxy) is 1. The van der Waals surface area contributed by atoms with Crippen LogP contribution >= 0.6 is 0 Å². The van der Waals surface area contributed by atoms with Gasteiger partial charge in [-0.05, 0) is 12.5 Å². The second-order valence-corrected chi connectivity index (χ2v) is 6.85. The van der Waals surface area contributed by atoms with Gasteiger partial charge in [-0.15, -0.1) is 0 Å². The van der Waals surface area contributed by atoms with Crippen LogP contribution in [0.5, 0.6) is 5.95 Å². The number of carboxylic acid groups (broad SMARTS) is 1. The Morgan fingerprint density at radius 1 is 0.885 bits per heavy atom. The fourth-order valence-electron chi connectivity index (χ4n) is 2.89. The van der Waals surface area contributed by atoms with Gasteiger partial charge in [0.1, 0.15) is 6.42 Å². The maximum absolute atomic E-state index is 11.5. The molecule has 0 amide bonds. The molecule has 0 aromatic carbocycles. The molecule has 1 N–H and O–H groups in total. The Morgan fingerprint density at radius 2 is 1.42 bits per heavy atom. The maximum atomic E-state index is 11.5. The Kier molecular flexibility index (Phi) is 12.3. The fourth-order valence-corrected chi connectivity index (χ4v) is 2.89. The summed E-state index contributed by atoms with van der Waals surface area (Å²) in [5.74, 6) is -1.39. The van der Waals surface area contributed by atoms with Gasteiger partial charge in [-0.2, -0.15) is 0 Å². The van der Waals surface area contributed by atoms with Crippen molar-refractivity contribution in [1.82, 2.24) is 0 Å². The second-order valence-electron chi connectivity index (χ2n) is 6.85. The van der Waals surface area contributed by atoms with Crippen LogP contribution in [0, 0.1) is 0 Å². The molecule has 0 saturated heterocycles. The van der Waals surface area contributed by atoms with E-state index >= 15 is 0 Å². The van der Waals surface area contributed by atoms with Crippen molar-refractivity contribution in [2.45, 2.75) is 90.4 Å². The number of Topliss-reactive ketones (excluding diaryl/α,β-unsaturated/α-hetero) is 1. The Morgan fingerprint density at radius 3 is 1.96 bits per heavy atom. The summed E-state index contributed by atoms with van der Waals surface area (Å²) in [5, 5.41) is 8.59. The summed E-state index contributed by atoms with van der Waals surface area (Å²) in [4.78, 5) is 22.0. The highest BCUT2D eigenvalue weighted by Gasteiger charge is 2.15. The first-order chi connectivity index (χ1) is 12.6. The van der Waals surface area contributed by atoms with Gasteiger partial charge in [0.2, 0.25) is 5.78 Å². The molecule has 26 heavy (non-hydrogen) atoms. The van der Waals surface area contributed by atoms with E-state index in [0.717, 1.165) is 12.8 Å². The van der Waals surface area contributed by atoms with Gasteiger partial charge in [-0.3, -0.25) is 9.59 Å². The van der Waals surface area contributed by atoms with E-state index in [-0.39, 0.29) is 11.7 Å². The van der Waals surface area contributed by atoms with Gasteiger partial charge < -0.3 is 14.3 Å². The molecule has 1 aromatic rings. The Balaban J connectivity index is 1.94. The number of ketones is 1. The van der Waals surface area contributed by atoms with Crippen molar-refractivity contribution >= 4 is 11.8 Å². The van der Waals surface area contributed by atoms with Gasteiger partial charge in [0.15, 0.2) is 5.76 Å². The molecule has 0 bridgehead atoms. The molecule has 0 aliphatic carbocycles. The third-order valence-corrected chi connectivity index (χ3v) is 4.41. The van der Waals surface area contributed by atoms with Crippen molar-refractivity contribution in [3.63, 3.8) is 0 Å². The topological polar surface area (TPSA) is 76.7 Å². The van der Waals surface area contributed by atoms with Crippen molar-refractivity contribution in [1.29, 1.82) is 0 Å². The fraction of sp³-hybridized carbons (Fsp3) is 0.714. The molecule has 0 atom stereocenters. The summed E-state index contributed by atoms with van der Waals surface area (Å²) in [7, 11) is 0. The molecule has 0 unspecified atom stereocenters. The smallest absolute Gasteiger partial charge is 0.311 e. The SMILES string of the molecule is CCCCCCCCCCCCCCOc1ccc(C(=O)CC(=O)O)o1. The lowest BCUT2D eigenvalue weighted by Crippen LogP contribution is -2.05. The summed E-state index contributed by atoms with van der Waals surface area (Å²) < 4.78 is 10.7. The quantitative estimate of drug-likeness (QED) is 0.207. The van der Waals surface area contributed by atoms with Gasteiger partial charge in [0, 0.05) is 6.07 Å². The first-order valence-electron chi connectivity index (χ1n) is 10.1. The molecule has 1 rings (SSSR count). The van der Waals surface area contributed by atoms with E-state index in [1.54, 1.807) is 6.07 Å². The molecule has 1 aromatic heterocycles. The largest absolute Gasteiger partial charge is 0.481 e. The standard InChI is InChI=1S/C21H34O5/c1-2-3-4-5-6-7-8-9-10-11-12-13-16-25-21-15-14-19(26-21)18(22)17-20(23)24/h14-15H,2-13,16-17H2,1H3,(H,23,24). The predicted octanol–water partition coefficient (Wildman–Crippen LogP) is 6.02. The lowest BCUT2D eigenvalue weighted by molar-refractivity contribution is -0.135. The first-order valence-corrected chi connectivity index (χ1v) is 10.1. The number of unbranched alkanes of at least 4 members (excludes halogenated alkanes) is 11. The molecule has 0 aliphatic heterocycles. The van der Waals surface area contributed by atoms with Crippen molar-refractivity contribution in [2.24, 2.45) is 0 Å². The zero-order valence-corrected chi connectivity index (χ0v) is 16.1. The van der Waals surface area contributed by atoms with Crippen LogP contribution in [0.25, 0.3) is 0 Å². The maximum Gasteiger partial charge on any atom is 0.311 e. The molecule has 0 fully saturated rings. The molecular formula is C21H34O5. The van der Waals surface area contributed by atoms with Gasteiger partial charge >= 0.3 is 5.97 Å². The minimum absolute atomic E-state index is 0.0390. The van der Waals surface area contributed by atoms with Crippen LogP contribution in [0.4, 0.5) is 0 Å². The number of carbonyl (C=O) groups is 2. The average molecular weight is 366 g/mol. The van der Waals surface area contributed by atoms with Gasteiger partial charge in [0.25, 0.3) is 5.95 Å². The molecule has 0 radical (unpaired) electrons. The minimum Gasteiger partial charge on any atom is -0.481 e. The minimum atomic E-state index is -1.16. The number of carboxylic acids is 1. The molecular weight excluding hydrogens is 332 g/mol. The third-order valence-electron chi connectivity index (χ3n) is 4.41. The van der Waals surface area contributed by atoms with Crippen LogP contribution in [0.2, 0.25) is 0 Å². The Labute approximate surface area is 157 Å². The summed E-state index contributed by atoms with van der Waals surface area (Å²) in [6.45, 7) is 2.80. The average Bonchev–Trinajstić information content (AvgIpc) is 3.07. The van der Waals surface area contributed by atoms with Crippen LogP contribution in [0.1, 0.15) is 101 Å². The molecule has 0 saturated carbocycles. The van der Waals surface area contributed by atoms with Crippen LogP contribution in [0.3, 0.4) is 0 Å². The second kappa shape index (κ2) is 14.4. The van der Waals surface area contributed by atoms with Crippen LogP contribution in [0.15, 0.2) is 16.5 Å². The van der Waals surface area contributed by atoms with Crippen LogP contribution < -0.4 is 4.74 Å². The highest BCUT2D eigenvalue weighted by molar-refractivity contribution is 6.03. The molecule has 5 heteroatoms. The summed E-state index contributed by atoms with van der Waals surface area (Å²) >= 11 is 0. The lowest BCUT2D eigenvalue weighted by Gasteiger charge is -2.04. The van der Waals surface area contributed by atoms with Gasteiger partial charge in [0.05, 0.1) is 6.61 Å². The lowest BCUT2D eigenvalue weighted by atomic mass is 10.1. The van der Waals surface area contributed by atoms with E-state index in [9.17, 15) is 9.59 Å². The van der Waals surface area contributed by atoms with Crippen LogP contribution in [-0.2, 0) is 4.79 Å². The normalized spacial score (nSPS) is 10.8. The number of aliphatic carboxylic acids is 1. The molecule has 148 valence electrons. The Bertz CT molecular complexity index is 506. The zero-order valence-electron chi connectivity index (χ0n) is 16.1. The van der Waals surface area contributed by atoms with E-state index in [1.165, 1.54) is 70.3 Å². The zero-order chi connectivity index (χ0) is 19.0. The number of hydrogen-bond donors (Lipinski definition) is 1. The summed E-state index contributed by atoms with van der Waals surface area (Å²) in [5.41, 5.74) is 0. The van der Waals surface area contributed by atoms with Crippen molar-refractivity contribution in [3.05, 3.63) is 17.9 Å². The van der Waals surface area contributed by atoms with Crippen molar-refractivity contribution in [3.8, 4) is 5.95 Å². The van der Waals surface area contributed by atoms with Crippen molar-refractivity contribution in [2.75, 3.05) is 6.61 Å². The third kappa shape index (κ3) is 11.0. The summed E-state index contributed by atoms with van der Waals surface area (Å²) in [6, 6.07) is 3.03. The van der Waals surface area contributed by atoms with Gasteiger partial charge in [-0.25, -0.2) is 0 Å². The molecule has 0 spiro atoms. The first kappa shape index (κ1) is 22.3. The number of hydrogen-bond acceptors (Lipinski definition) is 4. The van der Waals surface area contributed by atoms with E-state index in [1.807, 2.05) is 0 Å². The van der Waals surface area contributed by atoms with E-state index in [4.69, 9.17) is 14.3 Å². The number of carbonyl (C=O) groups excluding carboxylic acids is 1. The van der Waals surface area contributed by atoms with Gasteiger partial charge in [-0.1, -0.05) is 77.6 Å². The molecule has 0 aliphatic rings. The molecule has 5 nitrogen and oxygen atoms in total. The highest BCUT2D eigenvalue weighted by atomic mass is 16.6. The summed E-state index contributed by atoms with van der Waals surface area (Å²) in [6.07, 6.45) is 14.9. The number of rotatable bonds is 17. The predicted molar refractivity (Wildman–Crippen MR) is 102 cm³/mol. The van der Waals surface area contributed by atoms with E-state index in [2.05, 4.69) is 6.92 Å². The van der Waals surface area contributed by atoms with Crippen molar-refractivity contribution < 1.29 is 23.8 Å². The van der Waals surface area contributed by atoms with E-state index < -0.39 is 18.2 Å². The van der Waals surface area contributed by atoms with Crippen LogP contribution in [-0.4, -0.2) is 23.5 Å².